The number of unbranched alkanes of at least 4 members (excludes halogenated alkanes) is 24. The fraction of sp³-hybridized carbons (Fsp3) is 0.938. The van der Waals surface area contributed by atoms with Gasteiger partial charge in [0.25, 0.3) is 0 Å². The number of hydrogen-bond donors (Lipinski definition) is 1. The molecule has 0 radical (unpaired) electrons. The summed E-state index contributed by atoms with van der Waals surface area (Å²) in [6.07, 6.45) is 39.2. The summed E-state index contributed by atoms with van der Waals surface area (Å²) in [5, 5.41) is 3.00. The SMILES string of the molecule is CCCCCCCCCC(=O)OCCCCCCCN(CCCCCCCC(=O)OC(CCCCCCCC)CCCCCCCC)CCCNC(=O)N(C)C. The quantitative estimate of drug-likeness (QED) is 0.0488. The normalized spacial score (nSPS) is 11.4. The second-order valence-electron chi connectivity index (χ2n) is 16.9. The van der Waals surface area contributed by atoms with Crippen LogP contribution in [0, 0.1) is 0 Å². The van der Waals surface area contributed by atoms with Gasteiger partial charge in [-0.2, -0.15) is 0 Å². The van der Waals surface area contributed by atoms with Crippen LogP contribution in [-0.4, -0.2) is 80.8 Å². The molecule has 0 aromatic carbocycles. The minimum atomic E-state index is -0.0324. The molecule has 0 aromatic heterocycles. The Balaban J connectivity index is 4.34. The van der Waals surface area contributed by atoms with Gasteiger partial charge in [0.2, 0.25) is 0 Å². The highest BCUT2D eigenvalue weighted by atomic mass is 16.5. The topological polar surface area (TPSA) is 88.2 Å². The van der Waals surface area contributed by atoms with E-state index in [2.05, 4.69) is 31.0 Å². The maximum Gasteiger partial charge on any atom is 0.316 e. The van der Waals surface area contributed by atoms with Crippen LogP contribution in [0.2, 0.25) is 0 Å². The van der Waals surface area contributed by atoms with E-state index in [1.807, 2.05) is 0 Å². The lowest BCUT2D eigenvalue weighted by molar-refractivity contribution is -0.150. The number of carbonyl (C=O) groups excluding carboxylic acids is 3. The van der Waals surface area contributed by atoms with Crippen LogP contribution >= 0.6 is 0 Å². The summed E-state index contributed by atoms with van der Waals surface area (Å²) in [5.41, 5.74) is 0. The third-order valence-corrected chi connectivity index (χ3v) is 11.1. The predicted molar refractivity (Wildman–Crippen MR) is 238 cm³/mol. The van der Waals surface area contributed by atoms with Gasteiger partial charge in [-0.25, -0.2) is 4.79 Å². The maximum atomic E-state index is 12.8. The standard InChI is InChI=1S/C48H95N3O5/c1-6-9-12-15-18-23-30-38-46(52)55-44-34-27-20-26-33-42-51(43-35-40-49-48(54)50(4)5)41-32-25-19-24-31-39-47(53)56-45(36-28-21-16-13-10-7-2)37-29-22-17-14-11-8-3/h45H,6-44H2,1-5H3,(H,49,54). The molecule has 0 saturated carbocycles. The summed E-state index contributed by atoms with van der Waals surface area (Å²) >= 11 is 0. The minimum Gasteiger partial charge on any atom is -0.466 e. The van der Waals surface area contributed by atoms with Crippen LogP contribution in [-0.2, 0) is 19.1 Å². The van der Waals surface area contributed by atoms with Crippen molar-refractivity contribution in [2.24, 2.45) is 0 Å². The Hall–Kier alpha value is -1.83. The van der Waals surface area contributed by atoms with E-state index >= 15 is 0 Å². The third-order valence-electron chi connectivity index (χ3n) is 11.1. The Morgan fingerprint density at radius 3 is 1.34 bits per heavy atom. The van der Waals surface area contributed by atoms with Gasteiger partial charge < -0.3 is 24.6 Å². The molecule has 56 heavy (non-hydrogen) atoms. The molecule has 332 valence electrons. The van der Waals surface area contributed by atoms with Gasteiger partial charge in [-0.1, -0.05) is 162 Å². The first-order chi connectivity index (χ1) is 27.3. The van der Waals surface area contributed by atoms with E-state index in [1.165, 1.54) is 135 Å². The molecule has 0 aliphatic carbocycles. The number of urea groups is 1. The monoisotopic (exact) mass is 794 g/mol. The molecule has 0 heterocycles. The zero-order valence-corrected chi connectivity index (χ0v) is 38.1. The number of esters is 2. The van der Waals surface area contributed by atoms with Crippen LogP contribution in [0.15, 0.2) is 0 Å². The van der Waals surface area contributed by atoms with Gasteiger partial charge in [0.05, 0.1) is 6.61 Å². The third kappa shape index (κ3) is 39.0. The molecule has 0 fully saturated rings. The van der Waals surface area contributed by atoms with Crippen molar-refractivity contribution < 1.29 is 23.9 Å². The molecule has 0 aliphatic heterocycles. The van der Waals surface area contributed by atoms with Gasteiger partial charge in [0.15, 0.2) is 0 Å². The van der Waals surface area contributed by atoms with Crippen LogP contribution in [0.3, 0.4) is 0 Å². The number of rotatable bonds is 43. The fourth-order valence-corrected chi connectivity index (χ4v) is 7.39. The molecule has 0 bridgehead atoms. The van der Waals surface area contributed by atoms with Crippen molar-refractivity contribution in [1.29, 1.82) is 0 Å². The van der Waals surface area contributed by atoms with Gasteiger partial charge in [0.1, 0.15) is 6.10 Å². The van der Waals surface area contributed by atoms with Crippen LogP contribution in [0.4, 0.5) is 4.79 Å². The molecule has 8 heteroatoms. The van der Waals surface area contributed by atoms with Gasteiger partial charge in [-0.05, 0) is 83.8 Å². The van der Waals surface area contributed by atoms with Crippen molar-refractivity contribution in [3.05, 3.63) is 0 Å². The summed E-state index contributed by atoms with van der Waals surface area (Å²) in [7, 11) is 3.55. The van der Waals surface area contributed by atoms with Gasteiger partial charge >= 0.3 is 18.0 Å². The van der Waals surface area contributed by atoms with Crippen molar-refractivity contribution in [2.45, 2.75) is 245 Å². The van der Waals surface area contributed by atoms with E-state index in [4.69, 9.17) is 9.47 Å². The van der Waals surface area contributed by atoms with Crippen molar-refractivity contribution >= 4 is 18.0 Å². The zero-order valence-electron chi connectivity index (χ0n) is 38.1. The summed E-state index contributed by atoms with van der Waals surface area (Å²) in [6.45, 7) is 11.2. The molecule has 8 nitrogen and oxygen atoms in total. The number of nitrogens with zero attached hydrogens (tertiary/aromatic N) is 2. The number of hydrogen-bond acceptors (Lipinski definition) is 6. The predicted octanol–water partition coefficient (Wildman–Crippen LogP) is 13.3. The smallest absolute Gasteiger partial charge is 0.316 e. The Kier molecular flexibility index (Phi) is 41.4. The molecule has 1 N–H and O–H groups in total. The van der Waals surface area contributed by atoms with Crippen molar-refractivity contribution in [1.82, 2.24) is 15.1 Å². The summed E-state index contributed by atoms with van der Waals surface area (Å²) < 4.78 is 11.5. The summed E-state index contributed by atoms with van der Waals surface area (Å²) in [6, 6.07) is -0.0324. The molecule has 0 rings (SSSR count). The highest BCUT2D eigenvalue weighted by molar-refractivity contribution is 5.73. The lowest BCUT2D eigenvalue weighted by atomic mass is 10.0. The van der Waals surface area contributed by atoms with Crippen LogP contribution in [0.5, 0.6) is 0 Å². The second-order valence-corrected chi connectivity index (χ2v) is 16.9. The summed E-state index contributed by atoms with van der Waals surface area (Å²) in [5.74, 6) is -0.0147. The van der Waals surface area contributed by atoms with E-state index in [0.29, 0.717) is 26.0 Å². The zero-order chi connectivity index (χ0) is 41.2. The molecule has 0 atom stereocenters. The molecular weight excluding hydrogens is 699 g/mol. The van der Waals surface area contributed by atoms with Gasteiger partial charge in [-0.3, -0.25) is 9.59 Å². The molecule has 0 aliphatic rings. The Morgan fingerprint density at radius 2 is 0.857 bits per heavy atom. The highest BCUT2D eigenvalue weighted by Crippen LogP contribution is 2.18. The molecular formula is C48H95N3O5. The van der Waals surface area contributed by atoms with Crippen molar-refractivity contribution in [2.75, 3.05) is 46.9 Å². The minimum absolute atomic E-state index is 0.0133. The van der Waals surface area contributed by atoms with Crippen LogP contribution in [0.25, 0.3) is 0 Å². The largest absolute Gasteiger partial charge is 0.466 e. The first-order valence-corrected chi connectivity index (χ1v) is 24.4. The van der Waals surface area contributed by atoms with E-state index < -0.39 is 0 Å². The average Bonchev–Trinajstić information content (AvgIpc) is 3.18. The van der Waals surface area contributed by atoms with E-state index in [0.717, 1.165) is 90.3 Å². The lowest BCUT2D eigenvalue weighted by Crippen LogP contribution is -2.36. The maximum absolute atomic E-state index is 12.8. The van der Waals surface area contributed by atoms with E-state index in [9.17, 15) is 14.4 Å². The number of ether oxygens (including phenoxy) is 2. The van der Waals surface area contributed by atoms with Crippen LogP contribution < -0.4 is 5.32 Å². The number of nitrogens with one attached hydrogen (secondary N) is 1. The first kappa shape index (κ1) is 54.2. The first-order valence-electron chi connectivity index (χ1n) is 24.4. The average molecular weight is 794 g/mol. The van der Waals surface area contributed by atoms with Gasteiger partial charge in [0, 0.05) is 33.5 Å². The van der Waals surface area contributed by atoms with Crippen molar-refractivity contribution in [3.8, 4) is 0 Å². The van der Waals surface area contributed by atoms with E-state index in [1.54, 1.807) is 19.0 Å². The molecule has 0 spiro atoms. The fourth-order valence-electron chi connectivity index (χ4n) is 7.39. The molecule has 0 saturated heterocycles. The van der Waals surface area contributed by atoms with Crippen molar-refractivity contribution in [3.63, 3.8) is 0 Å². The van der Waals surface area contributed by atoms with Gasteiger partial charge in [-0.15, -0.1) is 0 Å². The molecule has 0 aromatic rings. The number of amides is 2. The Bertz CT molecular complexity index is 854. The Labute approximate surface area is 348 Å². The Morgan fingerprint density at radius 1 is 0.464 bits per heavy atom. The molecule has 2 amide bonds. The number of carbonyl (C=O) groups is 3. The highest BCUT2D eigenvalue weighted by Gasteiger charge is 2.14. The summed E-state index contributed by atoms with van der Waals surface area (Å²) in [4.78, 5) is 40.9. The van der Waals surface area contributed by atoms with Crippen LogP contribution in [0.1, 0.15) is 239 Å². The van der Waals surface area contributed by atoms with E-state index in [-0.39, 0.29) is 24.1 Å². The molecule has 0 unspecified atom stereocenters. The second kappa shape index (κ2) is 42.8. The lowest BCUT2D eigenvalue weighted by Gasteiger charge is -2.23.